The molecule has 4 heteroatoms. The van der Waals surface area contributed by atoms with Crippen LogP contribution in [-0.2, 0) is 6.42 Å². The molecule has 1 N–H and O–H groups in total. The first-order valence-corrected chi connectivity index (χ1v) is 8.11. The number of benzene rings is 1. The van der Waals surface area contributed by atoms with Gasteiger partial charge in [0.05, 0.1) is 0 Å². The van der Waals surface area contributed by atoms with E-state index in [9.17, 15) is 0 Å². The lowest BCUT2D eigenvalue weighted by molar-refractivity contribution is 0.169. The van der Waals surface area contributed by atoms with Crippen LogP contribution in [0.1, 0.15) is 18.9 Å². The smallest absolute Gasteiger partial charge is 0.121 e. The first kappa shape index (κ1) is 15.4. The highest BCUT2D eigenvalue weighted by Gasteiger charge is 2.17. The number of thiophene rings is 1. The van der Waals surface area contributed by atoms with E-state index in [0.717, 1.165) is 18.6 Å². The molecule has 0 aliphatic heterocycles. The van der Waals surface area contributed by atoms with E-state index in [-0.39, 0.29) is 6.10 Å². The Bertz CT molecular complexity index is 515. The monoisotopic (exact) mass is 309 g/mol. The molecule has 2 atom stereocenters. The highest BCUT2D eigenvalue weighted by atomic mass is 35.5. The molecule has 0 saturated carbocycles. The molecule has 0 aliphatic rings. The molecule has 0 saturated heterocycles. The van der Waals surface area contributed by atoms with Crippen molar-refractivity contribution in [3.8, 4) is 5.75 Å². The molecule has 0 amide bonds. The van der Waals surface area contributed by atoms with Crippen LogP contribution in [0.4, 0.5) is 0 Å². The maximum Gasteiger partial charge on any atom is 0.121 e. The van der Waals surface area contributed by atoms with Crippen molar-refractivity contribution >= 4 is 22.9 Å². The summed E-state index contributed by atoms with van der Waals surface area (Å²) in [5, 5.41) is 8.37. The zero-order valence-corrected chi connectivity index (χ0v) is 13.4. The number of hydrogen-bond acceptors (Lipinski definition) is 3. The quantitative estimate of drug-likeness (QED) is 0.819. The molecule has 2 nitrogen and oxygen atoms in total. The van der Waals surface area contributed by atoms with Gasteiger partial charge in [-0.05, 0) is 67.4 Å². The average molecular weight is 310 g/mol. The second kappa shape index (κ2) is 7.67. The Hall–Kier alpha value is -1.03. The Morgan fingerprint density at radius 2 is 2.20 bits per heavy atom. The first-order valence-electron chi connectivity index (χ1n) is 6.79. The van der Waals surface area contributed by atoms with Gasteiger partial charge in [-0.2, -0.15) is 11.3 Å². The molecule has 0 radical (unpaired) electrons. The molecule has 1 aromatic heterocycles. The topological polar surface area (TPSA) is 21.3 Å². The molecule has 20 heavy (non-hydrogen) atoms. The molecular weight excluding hydrogens is 290 g/mol. The van der Waals surface area contributed by atoms with Gasteiger partial charge in [0.25, 0.3) is 0 Å². The third-order valence-electron chi connectivity index (χ3n) is 3.38. The van der Waals surface area contributed by atoms with E-state index in [1.54, 1.807) is 11.3 Å². The summed E-state index contributed by atoms with van der Waals surface area (Å²) in [4.78, 5) is 0. The van der Waals surface area contributed by atoms with E-state index in [0.29, 0.717) is 11.1 Å². The van der Waals surface area contributed by atoms with Crippen molar-refractivity contribution in [3.05, 3.63) is 51.7 Å². The Morgan fingerprint density at radius 1 is 1.35 bits per heavy atom. The van der Waals surface area contributed by atoms with Gasteiger partial charge in [0, 0.05) is 11.1 Å². The van der Waals surface area contributed by atoms with Gasteiger partial charge in [0.1, 0.15) is 11.9 Å². The van der Waals surface area contributed by atoms with E-state index in [1.807, 2.05) is 31.3 Å². The van der Waals surface area contributed by atoms with Crippen molar-refractivity contribution in [1.29, 1.82) is 0 Å². The van der Waals surface area contributed by atoms with Crippen LogP contribution in [0, 0.1) is 0 Å². The Balaban J connectivity index is 1.89. The zero-order valence-electron chi connectivity index (χ0n) is 11.8. The van der Waals surface area contributed by atoms with Gasteiger partial charge in [-0.15, -0.1) is 0 Å². The van der Waals surface area contributed by atoms with Gasteiger partial charge in [-0.25, -0.2) is 0 Å². The van der Waals surface area contributed by atoms with Crippen LogP contribution in [0.15, 0.2) is 41.1 Å². The minimum absolute atomic E-state index is 0.0945. The summed E-state index contributed by atoms with van der Waals surface area (Å²) in [5.41, 5.74) is 1.39. The lowest BCUT2D eigenvalue weighted by Gasteiger charge is -2.24. The lowest BCUT2D eigenvalue weighted by atomic mass is 10.0. The predicted molar refractivity (Wildman–Crippen MR) is 87.0 cm³/mol. The van der Waals surface area contributed by atoms with Crippen molar-refractivity contribution in [1.82, 2.24) is 5.32 Å². The molecule has 0 bridgehead atoms. The van der Waals surface area contributed by atoms with Gasteiger partial charge in [0.15, 0.2) is 0 Å². The van der Waals surface area contributed by atoms with E-state index < -0.39 is 0 Å². The van der Waals surface area contributed by atoms with Gasteiger partial charge in [-0.1, -0.05) is 17.7 Å². The molecule has 2 rings (SSSR count). The van der Waals surface area contributed by atoms with Gasteiger partial charge in [0.2, 0.25) is 0 Å². The summed E-state index contributed by atoms with van der Waals surface area (Å²) in [7, 11) is 1.98. The second-order valence-electron chi connectivity index (χ2n) is 4.85. The molecule has 108 valence electrons. The van der Waals surface area contributed by atoms with Crippen LogP contribution in [-0.4, -0.2) is 19.2 Å². The van der Waals surface area contributed by atoms with Gasteiger partial charge in [-0.3, -0.25) is 0 Å². The Morgan fingerprint density at radius 3 is 2.85 bits per heavy atom. The summed E-state index contributed by atoms with van der Waals surface area (Å²) in [6.07, 6.45) is 2.21. The number of rotatable bonds is 7. The fourth-order valence-corrected chi connectivity index (χ4v) is 3.09. The molecule has 1 aromatic carbocycles. The van der Waals surface area contributed by atoms with Crippen molar-refractivity contribution in [2.24, 2.45) is 0 Å². The number of halogens is 1. The fourth-order valence-electron chi connectivity index (χ4n) is 2.21. The van der Waals surface area contributed by atoms with Crippen molar-refractivity contribution in [2.45, 2.75) is 31.9 Å². The molecule has 1 heterocycles. The Labute approximate surface area is 129 Å². The minimum Gasteiger partial charge on any atom is -0.489 e. The van der Waals surface area contributed by atoms with Crippen LogP contribution < -0.4 is 10.1 Å². The summed E-state index contributed by atoms with van der Waals surface area (Å²) in [6.45, 7) is 2.09. The predicted octanol–water partition coefficient (Wildman–Crippen LogP) is 4.39. The SMILES string of the molecule is CNC(CCc1ccsc1)C(C)Oc1cccc(Cl)c1. The molecule has 2 aromatic rings. The number of ether oxygens (including phenoxy) is 1. The zero-order chi connectivity index (χ0) is 14.4. The second-order valence-corrected chi connectivity index (χ2v) is 6.06. The molecular formula is C16H20ClNOS. The van der Waals surface area contributed by atoms with E-state index in [2.05, 4.69) is 29.1 Å². The largest absolute Gasteiger partial charge is 0.489 e. The van der Waals surface area contributed by atoms with Crippen LogP contribution >= 0.6 is 22.9 Å². The van der Waals surface area contributed by atoms with Crippen molar-refractivity contribution in [2.75, 3.05) is 7.05 Å². The standard InChI is InChI=1S/C16H20ClNOS/c1-12(19-15-5-3-4-14(17)10-15)16(18-2)7-6-13-8-9-20-11-13/h3-5,8-12,16,18H,6-7H2,1-2H3. The van der Waals surface area contributed by atoms with Crippen LogP contribution in [0.2, 0.25) is 5.02 Å². The molecule has 0 spiro atoms. The highest BCUT2D eigenvalue weighted by molar-refractivity contribution is 7.07. The van der Waals surface area contributed by atoms with Gasteiger partial charge >= 0.3 is 0 Å². The van der Waals surface area contributed by atoms with E-state index >= 15 is 0 Å². The number of aryl methyl sites for hydroxylation is 1. The maximum absolute atomic E-state index is 5.98. The highest BCUT2D eigenvalue weighted by Crippen LogP contribution is 2.20. The average Bonchev–Trinajstić information content (AvgIpc) is 2.92. The number of nitrogens with one attached hydrogen (secondary N) is 1. The lowest BCUT2D eigenvalue weighted by Crippen LogP contribution is -2.39. The maximum atomic E-state index is 5.98. The van der Waals surface area contributed by atoms with Crippen LogP contribution in [0.25, 0.3) is 0 Å². The minimum atomic E-state index is 0.0945. The summed E-state index contributed by atoms with van der Waals surface area (Å²) in [6, 6.07) is 10.0. The van der Waals surface area contributed by atoms with Crippen LogP contribution in [0.3, 0.4) is 0 Å². The van der Waals surface area contributed by atoms with Crippen LogP contribution in [0.5, 0.6) is 5.75 Å². The summed E-state index contributed by atoms with van der Waals surface area (Å²) < 4.78 is 5.97. The summed E-state index contributed by atoms with van der Waals surface area (Å²) in [5.74, 6) is 0.820. The summed E-state index contributed by atoms with van der Waals surface area (Å²) >= 11 is 7.72. The first-order chi connectivity index (χ1) is 9.69. The third kappa shape index (κ3) is 4.51. The van der Waals surface area contributed by atoms with E-state index in [4.69, 9.17) is 16.3 Å². The number of likely N-dealkylation sites (N-methyl/N-ethyl adjacent to an activating group) is 1. The molecule has 0 aliphatic carbocycles. The number of hydrogen-bond donors (Lipinski definition) is 1. The Kier molecular flexibility index (Phi) is 5.89. The van der Waals surface area contributed by atoms with Crippen molar-refractivity contribution in [3.63, 3.8) is 0 Å². The van der Waals surface area contributed by atoms with E-state index in [1.165, 1.54) is 5.56 Å². The van der Waals surface area contributed by atoms with Gasteiger partial charge < -0.3 is 10.1 Å². The molecule has 2 unspecified atom stereocenters. The van der Waals surface area contributed by atoms with Crippen molar-refractivity contribution < 1.29 is 4.74 Å². The fraction of sp³-hybridized carbons (Fsp3) is 0.375. The normalized spacial score (nSPS) is 13.9. The molecule has 0 fully saturated rings. The third-order valence-corrected chi connectivity index (χ3v) is 4.35.